The van der Waals surface area contributed by atoms with E-state index in [-0.39, 0.29) is 31.1 Å². The minimum atomic E-state index is -1.17. The van der Waals surface area contributed by atoms with Crippen molar-refractivity contribution in [2.75, 3.05) is 0 Å². The van der Waals surface area contributed by atoms with Crippen LogP contribution in [-0.2, 0) is 24.0 Å². The first-order chi connectivity index (χ1) is 14.3. The molecule has 0 heterocycles. The van der Waals surface area contributed by atoms with E-state index in [9.17, 15) is 29.1 Å². The molecule has 0 aromatic heterocycles. The smallest absolute Gasteiger partial charge is 0.326 e. The second-order valence-corrected chi connectivity index (χ2v) is 8.17. The van der Waals surface area contributed by atoms with Crippen molar-refractivity contribution in [3.8, 4) is 0 Å². The Morgan fingerprint density at radius 2 is 1.45 bits per heavy atom. The van der Waals surface area contributed by atoms with Crippen LogP contribution in [0.4, 0.5) is 0 Å². The molecule has 11 heteroatoms. The van der Waals surface area contributed by atoms with Gasteiger partial charge >= 0.3 is 11.9 Å². The molecular formula is C20H36N4O7. The second-order valence-electron chi connectivity index (χ2n) is 8.17. The lowest BCUT2D eigenvalue weighted by Crippen LogP contribution is -2.57. The van der Waals surface area contributed by atoms with Gasteiger partial charge in [-0.15, -0.1) is 0 Å². The molecule has 0 radical (unpaired) electrons. The molecule has 5 atom stereocenters. The van der Waals surface area contributed by atoms with Gasteiger partial charge in [-0.25, -0.2) is 4.79 Å². The summed E-state index contributed by atoms with van der Waals surface area (Å²) in [6.45, 7) is 8.60. The standard InChI is InChI=1S/C20H36N4O7/c1-6-11(4)16(20(30)31)24-17(27)12(5)22-19(29)14(9-10(2)3)23-18(28)13(21)7-8-15(25)26/h10-14,16H,6-9,21H2,1-5H3,(H,22,29)(H,23,28)(H,24,27)(H,25,26)(H,30,31). The van der Waals surface area contributed by atoms with Crippen molar-refractivity contribution in [2.24, 2.45) is 17.6 Å². The summed E-state index contributed by atoms with van der Waals surface area (Å²) in [6, 6.07) is -4.20. The number of carbonyl (C=O) groups excluding carboxylic acids is 3. The summed E-state index contributed by atoms with van der Waals surface area (Å²) in [5.41, 5.74) is 5.69. The fourth-order valence-electron chi connectivity index (χ4n) is 2.73. The van der Waals surface area contributed by atoms with Gasteiger partial charge in [0.1, 0.15) is 18.1 Å². The molecule has 0 bridgehead atoms. The molecule has 0 fully saturated rings. The van der Waals surface area contributed by atoms with E-state index in [1.165, 1.54) is 6.92 Å². The van der Waals surface area contributed by atoms with Crippen LogP contribution in [0.1, 0.15) is 60.3 Å². The molecule has 0 aliphatic heterocycles. The van der Waals surface area contributed by atoms with Crippen LogP contribution >= 0.6 is 0 Å². The van der Waals surface area contributed by atoms with Gasteiger partial charge in [-0.2, -0.15) is 0 Å². The van der Waals surface area contributed by atoms with Crippen LogP contribution in [0.2, 0.25) is 0 Å². The SMILES string of the molecule is CCC(C)C(NC(=O)C(C)NC(=O)C(CC(C)C)NC(=O)C(N)CCC(=O)O)C(=O)O. The highest BCUT2D eigenvalue weighted by atomic mass is 16.4. The van der Waals surface area contributed by atoms with Gasteiger partial charge in [0.2, 0.25) is 17.7 Å². The van der Waals surface area contributed by atoms with Crippen LogP contribution in [0, 0.1) is 11.8 Å². The van der Waals surface area contributed by atoms with Gasteiger partial charge in [0.05, 0.1) is 6.04 Å². The summed E-state index contributed by atoms with van der Waals surface area (Å²) >= 11 is 0. The molecule has 0 aromatic rings. The zero-order chi connectivity index (χ0) is 24.3. The lowest BCUT2D eigenvalue weighted by atomic mass is 9.99. The van der Waals surface area contributed by atoms with Gasteiger partial charge in [-0.1, -0.05) is 34.1 Å². The highest BCUT2D eigenvalue weighted by Crippen LogP contribution is 2.09. The van der Waals surface area contributed by atoms with E-state index in [1.54, 1.807) is 13.8 Å². The first kappa shape index (κ1) is 28.3. The lowest BCUT2D eigenvalue weighted by molar-refractivity contribution is -0.143. The van der Waals surface area contributed by atoms with Crippen LogP contribution in [0.25, 0.3) is 0 Å². The Hall–Kier alpha value is -2.69. The third kappa shape index (κ3) is 10.8. The van der Waals surface area contributed by atoms with Gasteiger partial charge in [-0.05, 0) is 31.6 Å². The van der Waals surface area contributed by atoms with Gasteiger partial charge in [0.25, 0.3) is 0 Å². The van der Waals surface area contributed by atoms with Crippen molar-refractivity contribution in [3.63, 3.8) is 0 Å². The summed E-state index contributed by atoms with van der Waals surface area (Å²) in [6.07, 6.45) is 0.445. The fraction of sp³-hybridized carbons (Fsp3) is 0.750. The number of carboxylic acid groups (broad SMARTS) is 2. The minimum Gasteiger partial charge on any atom is -0.481 e. The first-order valence-corrected chi connectivity index (χ1v) is 10.4. The van der Waals surface area contributed by atoms with Crippen molar-refractivity contribution in [2.45, 2.75) is 84.5 Å². The monoisotopic (exact) mass is 444 g/mol. The zero-order valence-electron chi connectivity index (χ0n) is 18.8. The Morgan fingerprint density at radius 3 is 1.90 bits per heavy atom. The van der Waals surface area contributed by atoms with Crippen molar-refractivity contribution < 1.29 is 34.2 Å². The largest absolute Gasteiger partial charge is 0.481 e. The van der Waals surface area contributed by atoms with Gasteiger partial charge in [-0.3, -0.25) is 19.2 Å². The Balaban J connectivity index is 5.09. The quantitative estimate of drug-likeness (QED) is 0.213. The van der Waals surface area contributed by atoms with Crippen molar-refractivity contribution in [3.05, 3.63) is 0 Å². The van der Waals surface area contributed by atoms with E-state index in [4.69, 9.17) is 10.8 Å². The van der Waals surface area contributed by atoms with Crippen LogP contribution in [0.15, 0.2) is 0 Å². The van der Waals surface area contributed by atoms with E-state index in [0.717, 1.165) is 0 Å². The third-order valence-corrected chi connectivity index (χ3v) is 4.87. The Morgan fingerprint density at radius 1 is 0.871 bits per heavy atom. The van der Waals surface area contributed by atoms with Gasteiger partial charge in [0.15, 0.2) is 0 Å². The molecule has 0 aromatic carbocycles. The summed E-state index contributed by atoms with van der Waals surface area (Å²) in [7, 11) is 0. The molecule has 0 saturated carbocycles. The van der Waals surface area contributed by atoms with Crippen LogP contribution in [-0.4, -0.2) is 64.0 Å². The average molecular weight is 445 g/mol. The number of nitrogens with two attached hydrogens (primary N) is 1. The highest BCUT2D eigenvalue weighted by molar-refractivity contribution is 5.94. The highest BCUT2D eigenvalue weighted by Gasteiger charge is 2.30. The molecule has 0 saturated heterocycles. The molecule has 11 nitrogen and oxygen atoms in total. The topological polar surface area (TPSA) is 188 Å². The number of hydrogen-bond donors (Lipinski definition) is 6. The molecule has 3 amide bonds. The maximum Gasteiger partial charge on any atom is 0.326 e. The van der Waals surface area contributed by atoms with E-state index in [1.807, 2.05) is 13.8 Å². The van der Waals surface area contributed by atoms with E-state index in [0.29, 0.717) is 6.42 Å². The molecule has 0 rings (SSSR count). The normalized spacial score (nSPS) is 15.8. The number of carboxylic acids is 2. The van der Waals surface area contributed by atoms with E-state index < -0.39 is 53.8 Å². The minimum absolute atomic E-state index is 0.0252. The van der Waals surface area contributed by atoms with Crippen LogP contribution < -0.4 is 21.7 Å². The molecule has 7 N–H and O–H groups in total. The number of nitrogens with one attached hydrogen (secondary N) is 3. The Bertz CT molecular complexity index is 653. The van der Waals surface area contributed by atoms with Crippen molar-refractivity contribution >= 4 is 29.7 Å². The first-order valence-electron chi connectivity index (χ1n) is 10.4. The van der Waals surface area contributed by atoms with Crippen LogP contribution in [0.5, 0.6) is 0 Å². The molecule has 5 unspecified atom stereocenters. The number of carbonyl (C=O) groups is 5. The predicted molar refractivity (Wildman–Crippen MR) is 113 cm³/mol. The number of rotatable bonds is 14. The Kier molecular flexibility index (Phi) is 12.4. The number of amides is 3. The summed E-state index contributed by atoms with van der Waals surface area (Å²) in [4.78, 5) is 59.3. The lowest BCUT2D eigenvalue weighted by Gasteiger charge is -2.25. The molecular weight excluding hydrogens is 408 g/mol. The average Bonchev–Trinajstić information content (AvgIpc) is 2.67. The Labute approximate surface area is 182 Å². The molecule has 0 aliphatic carbocycles. The molecule has 31 heavy (non-hydrogen) atoms. The van der Waals surface area contributed by atoms with Crippen molar-refractivity contribution in [1.82, 2.24) is 16.0 Å². The molecule has 178 valence electrons. The van der Waals surface area contributed by atoms with Gasteiger partial charge in [0, 0.05) is 6.42 Å². The van der Waals surface area contributed by atoms with Crippen molar-refractivity contribution in [1.29, 1.82) is 0 Å². The number of aliphatic carboxylic acids is 2. The van der Waals surface area contributed by atoms with E-state index >= 15 is 0 Å². The third-order valence-electron chi connectivity index (χ3n) is 4.87. The molecule has 0 spiro atoms. The summed E-state index contributed by atoms with van der Waals surface area (Å²) in [5, 5.41) is 25.4. The molecule has 0 aliphatic rings. The maximum atomic E-state index is 12.7. The van der Waals surface area contributed by atoms with E-state index in [2.05, 4.69) is 16.0 Å². The summed E-state index contributed by atoms with van der Waals surface area (Å²) in [5.74, 6) is -4.47. The zero-order valence-corrected chi connectivity index (χ0v) is 18.8. The predicted octanol–water partition coefficient (Wildman–Crippen LogP) is -0.170. The maximum absolute atomic E-state index is 12.7. The van der Waals surface area contributed by atoms with Crippen LogP contribution in [0.3, 0.4) is 0 Å². The summed E-state index contributed by atoms with van der Waals surface area (Å²) < 4.78 is 0. The number of hydrogen-bond acceptors (Lipinski definition) is 6. The van der Waals surface area contributed by atoms with Gasteiger partial charge < -0.3 is 31.9 Å². The second kappa shape index (κ2) is 13.6. The fourth-order valence-corrected chi connectivity index (χ4v) is 2.73.